The first-order valence-corrected chi connectivity index (χ1v) is 6.60. The summed E-state index contributed by atoms with van der Waals surface area (Å²) in [7, 11) is 0. The van der Waals surface area contributed by atoms with Crippen LogP contribution in [0.4, 0.5) is 10.1 Å². The number of benzene rings is 2. The van der Waals surface area contributed by atoms with Crippen LogP contribution >= 0.6 is 0 Å². The zero-order valence-corrected chi connectivity index (χ0v) is 11.6. The van der Waals surface area contributed by atoms with Gasteiger partial charge in [-0.2, -0.15) is 0 Å². The fraction of sp³-hybridized carbons (Fsp3) is 0.188. The van der Waals surface area contributed by atoms with Crippen LogP contribution in [-0.4, -0.2) is 11.0 Å². The van der Waals surface area contributed by atoms with Crippen molar-refractivity contribution < 1.29 is 14.3 Å². The summed E-state index contributed by atoms with van der Waals surface area (Å²) in [6, 6.07) is 13.2. The zero-order chi connectivity index (χ0) is 15.2. The quantitative estimate of drug-likeness (QED) is 0.741. The molecule has 0 radical (unpaired) electrons. The first-order chi connectivity index (χ1) is 10.1. The van der Waals surface area contributed by atoms with Crippen LogP contribution in [0.25, 0.3) is 0 Å². The predicted octanol–water partition coefficient (Wildman–Crippen LogP) is 2.70. The normalized spacial score (nSPS) is 11.8. The molecule has 2 aromatic rings. The Balaban J connectivity index is 1.87. The van der Waals surface area contributed by atoms with Gasteiger partial charge >= 0.3 is 0 Å². The Kier molecular flexibility index (Phi) is 4.90. The number of anilines is 1. The van der Waals surface area contributed by atoms with Crippen molar-refractivity contribution in [2.75, 3.05) is 5.43 Å². The van der Waals surface area contributed by atoms with Gasteiger partial charge < -0.3 is 5.11 Å². The molecule has 0 saturated heterocycles. The van der Waals surface area contributed by atoms with E-state index in [0.29, 0.717) is 16.8 Å². The number of hydrazine groups is 1. The van der Waals surface area contributed by atoms with E-state index in [1.165, 1.54) is 12.1 Å². The number of nitrogens with one attached hydrogen (secondary N) is 2. The van der Waals surface area contributed by atoms with Crippen LogP contribution in [0.2, 0.25) is 0 Å². The number of carbonyl (C=O) groups is 1. The van der Waals surface area contributed by atoms with Crippen molar-refractivity contribution in [2.24, 2.45) is 0 Å². The Morgan fingerprint density at radius 1 is 1.24 bits per heavy atom. The third-order valence-electron chi connectivity index (χ3n) is 3.09. The summed E-state index contributed by atoms with van der Waals surface area (Å²) in [6.07, 6.45) is -0.917. The first-order valence-electron chi connectivity index (χ1n) is 6.60. The molecule has 2 aromatic carbocycles. The molecule has 0 bridgehead atoms. The number of hydrogen-bond donors (Lipinski definition) is 3. The maximum absolute atomic E-state index is 13.0. The second-order valence-corrected chi connectivity index (χ2v) is 4.76. The summed E-state index contributed by atoms with van der Waals surface area (Å²) >= 11 is 0. The molecule has 2 rings (SSSR count). The highest BCUT2D eigenvalue weighted by Crippen LogP contribution is 2.17. The molecular formula is C16H17FN2O2. The molecular weight excluding hydrogens is 271 g/mol. The summed E-state index contributed by atoms with van der Waals surface area (Å²) in [6.45, 7) is 1.73. The summed E-state index contributed by atoms with van der Waals surface area (Å²) in [4.78, 5) is 11.8. The van der Waals surface area contributed by atoms with Gasteiger partial charge in [-0.05, 0) is 36.2 Å². The molecule has 0 aliphatic carbocycles. The Hall–Kier alpha value is -2.40. The molecule has 5 heteroatoms. The Bertz CT molecular complexity index is 617. The fourth-order valence-corrected chi connectivity index (χ4v) is 1.92. The van der Waals surface area contributed by atoms with Gasteiger partial charge in [0.1, 0.15) is 5.82 Å². The minimum atomic E-state index is -0.859. The molecule has 1 atom stereocenters. The van der Waals surface area contributed by atoms with Crippen molar-refractivity contribution in [3.05, 3.63) is 65.5 Å². The molecule has 0 fully saturated rings. The molecule has 1 amide bonds. The Morgan fingerprint density at radius 3 is 2.62 bits per heavy atom. The lowest BCUT2D eigenvalue weighted by Gasteiger charge is -2.13. The Labute approximate surface area is 122 Å². The smallest absolute Gasteiger partial charge is 0.241 e. The van der Waals surface area contributed by atoms with Crippen molar-refractivity contribution in [1.82, 2.24) is 5.43 Å². The van der Waals surface area contributed by atoms with Crippen LogP contribution in [0.5, 0.6) is 0 Å². The van der Waals surface area contributed by atoms with E-state index in [-0.39, 0.29) is 18.1 Å². The molecule has 0 spiro atoms. The number of aliphatic hydroxyl groups is 1. The SMILES string of the molecule is Cc1cc(F)ccc1NNC(=O)CC(O)c1ccccc1. The van der Waals surface area contributed by atoms with Gasteiger partial charge in [0, 0.05) is 0 Å². The molecule has 0 saturated carbocycles. The van der Waals surface area contributed by atoms with E-state index >= 15 is 0 Å². The van der Waals surface area contributed by atoms with Crippen LogP contribution in [0, 0.1) is 12.7 Å². The monoisotopic (exact) mass is 288 g/mol. The molecule has 110 valence electrons. The van der Waals surface area contributed by atoms with Gasteiger partial charge in [0.2, 0.25) is 5.91 Å². The highest BCUT2D eigenvalue weighted by Gasteiger charge is 2.12. The number of halogens is 1. The van der Waals surface area contributed by atoms with Gasteiger partial charge in [-0.1, -0.05) is 30.3 Å². The maximum atomic E-state index is 13.0. The standard InChI is InChI=1S/C16H17FN2O2/c1-11-9-13(17)7-8-14(11)18-19-16(21)10-15(20)12-5-3-2-4-6-12/h2-9,15,18,20H,10H2,1H3,(H,19,21). The van der Waals surface area contributed by atoms with Gasteiger partial charge in [-0.25, -0.2) is 4.39 Å². The van der Waals surface area contributed by atoms with E-state index in [4.69, 9.17) is 0 Å². The second-order valence-electron chi connectivity index (χ2n) is 4.76. The minimum Gasteiger partial charge on any atom is -0.388 e. The van der Waals surface area contributed by atoms with Crippen LogP contribution in [0.1, 0.15) is 23.7 Å². The third-order valence-corrected chi connectivity index (χ3v) is 3.09. The van der Waals surface area contributed by atoms with E-state index in [2.05, 4.69) is 10.9 Å². The number of rotatable bonds is 5. The van der Waals surface area contributed by atoms with Gasteiger partial charge in [-0.3, -0.25) is 15.6 Å². The molecule has 4 nitrogen and oxygen atoms in total. The van der Waals surface area contributed by atoms with Gasteiger partial charge in [0.05, 0.1) is 18.2 Å². The summed E-state index contributed by atoms with van der Waals surface area (Å²) in [5.41, 5.74) is 7.18. The van der Waals surface area contributed by atoms with Crippen LogP contribution < -0.4 is 10.9 Å². The van der Waals surface area contributed by atoms with E-state index in [0.717, 1.165) is 0 Å². The fourth-order valence-electron chi connectivity index (χ4n) is 1.92. The molecule has 0 heterocycles. The van der Waals surface area contributed by atoms with Crippen molar-refractivity contribution in [2.45, 2.75) is 19.4 Å². The summed E-state index contributed by atoms with van der Waals surface area (Å²) in [5, 5.41) is 9.94. The summed E-state index contributed by atoms with van der Waals surface area (Å²) < 4.78 is 13.0. The van der Waals surface area contributed by atoms with E-state index in [1.807, 2.05) is 6.07 Å². The highest BCUT2D eigenvalue weighted by atomic mass is 19.1. The average molecular weight is 288 g/mol. The first kappa shape index (κ1) is 15.0. The highest BCUT2D eigenvalue weighted by molar-refractivity contribution is 5.78. The van der Waals surface area contributed by atoms with Crippen molar-refractivity contribution in [1.29, 1.82) is 0 Å². The van der Waals surface area contributed by atoms with Crippen LogP contribution in [0.3, 0.4) is 0 Å². The molecule has 0 aromatic heterocycles. The number of hydrogen-bond acceptors (Lipinski definition) is 3. The summed E-state index contributed by atoms with van der Waals surface area (Å²) in [5.74, 6) is -0.682. The molecule has 0 aliphatic rings. The maximum Gasteiger partial charge on any atom is 0.241 e. The van der Waals surface area contributed by atoms with E-state index in [9.17, 15) is 14.3 Å². The topological polar surface area (TPSA) is 61.4 Å². The van der Waals surface area contributed by atoms with Crippen molar-refractivity contribution >= 4 is 11.6 Å². The van der Waals surface area contributed by atoms with Crippen LogP contribution in [-0.2, 0) is 4.79 Å². The molecule has 3 N–H and O–H groups in total. The number of aryl methyl sites for hydroxylation is 1. The minimum absolute atomic E-state index is 0.0583. The van der Waals surface area contributed by atoms with Crippen LogP contribution in [0.15, 0.2) is 48.5 Å². The van der Waals surface area contributed by atoms with E-state index in [1.54, 1.807) is 37.3 Å². The van der Waals surface area contributed by atoms with Crippen molar-refractivity contribution in [3.8, 4) is 0 Å². The van der Waals surface area contributed by atoms with Gasteiger partial charge in [0.25, 0.3) is 0 Å². The lowest BCUT2D eigenvalue weighted by atomic mass is 10.1. The predicted molar refractivity (Wildman–Crippen MR) is 78.9 cm³/mol. The van der Waals surface area contributed by atoms with Gasteiger partial charge in [0.15, 0.2) is 0 Å². The molecule has 0 aliphatic heterocycles. The van der Waals surface area contributed by atoms with Crippen molar-refractivity contribution in [3.63, 3.8) is 0 Å². The largest absolute Gasteiger partial charge is 0.388 e. The lowest BCUT2D eigenvalue weighted by molar-refractivity contribution is -0.122. The van der Waals surface area contributed by atoms with E-state index < -0.39 is 6.10 Å². The second kappa shape index (κ2) is 6.85. The lowest BCUT2D eigenvalue weighted by Crippen LogP contribution is -2.30. The Morgan fingerprint density at radius 2 is 1.95 bits per heavy atom. The average Bonchev–Trinajstić information content (AvgIpc) is 2.47. The number of carbonyl (C=O) groups excluding carboxylic acids is 1. The molecule has 21 heavy (non-hydrogen) atoms. The number of amides is 1. The zero-order valence-electron chi connectivity index (χ0n) is 11.6. The third kappa shape index (κ3) is 4.29. The van der Waals surface area contributed by atoms with Gasteiger partial charge in [-0.15, -0.1) is 0 Å². The number of aliphatic hydroxyl groups excluding tert-OH is 1. The molecule has 1 unspecified atom stereocenters.